The van der Waals surface area contributed by atoms with Crippen LogP contribution < -0.4 is 5.73 Å². The molecule has 0 fully saturated rings. The lowest BCUT2D eigenvalue weighted by atomic mass is 10.0. The second-order valence-electron chi connectivity index (χ2n) is 4.49. The molecule has 0 atom stereocenters. The molecular weight excluding hydrogens is 282 g/mol. The Balaban J connectivity index is 2.20. The standard InChI is InChI=1S/C15H13N5S/c1-2-20-9-10(8-18-20)11-6-13(14-4-3-5-21-14)19-15(17)12(11)7-16/h3-6,8-9H,2H2,1H3,(H2,17,19). The summed E-state index contributed by atoms with van der Waals surface area (Å²) in [6, 6.07) is 7.99. The molecule has 5 nitrogen and oxygen atoms in total. The number of nitrogen functional groups attached to an aromatic ring is 1. The third-order valence-electron chi connectivity index (χ3n) is 3.20. The van der Waals surface area contributed by atoms with E-state index in [1.54, 1.807) is 17.5 Å². The molecule has 2 N–H and O–H groups in total. The summed E-state index contributed by atoms with van der Waals surface area (Å²) in [7, 11) is 0. The van der Waals surface area contributed by atoms with E-state index < -0.39 is 0 Å². The summed E-state index contributed by atoms with van der Waals surface area (Å²) in [5.74, 6) is 0.252. The van der Waals surface area contributed by atoms with Crippen LogP contribution in [0.2, 0.25) is 0 Å². The first kappa shape index (κ1) is 13.3. The van der Waals surface area contributed by atoms with Crippen LogP contribution >= 0.6 is 11.3 Å². The van der Waals surface area contributed by atoms with Crippen LogP contribution in [0.15, 0.2) is 36.0 Å². The van der Waals surface area contributed by atoms with Crippen LogP contribution in [0.5, 0.6) is 0 Å². The number of hydrogen-bond donors (Lipinski definition) is 1. The van der Waals surface area contributed by atoms with Gasteiger partial charge in [0.1, 0.15) is 17.5 Å². The number of anilines is 1. The molecule has 0 bridgehead atoms. The first-order valence-electron chi connectivity index (χ1n) is 6.50. The molecule has 0 amide bonds. The van der Waals surface area contributed by atoms with Gasteiger partial charge in [-0.15, -0.1) is 11.3 Å². The fourth-order valence-electron chi connectivity index (χ4n) is 2.14. The lowest BCUT2D eigenvalue weighted by Crippen LogP contribution is -1.99. The van der Waals surface area contributed by atoms with Crippen molar-refractivity contribution in [3.63, 3.8) is 0 Å². The maximum absolute atomic E-state index is 9.35. The molecular formula is C15H13N5S. The van der Waals surface area contributed by atoms with Gasteiger partial charge >= 0.3 is 0 Å². The van der Waals surface area contributed by atoms with Gasteiger partial charge in [-0.3, -0.25) is 4.68 Å². The highest BCUT2D eigenvalue weighted by Crippen LogP contribution is 2.32. The molecule has 0 aliphatic carbocycles. The minimum absolute atomic E-state index is 0.252. The molecule has 6 heteroatoms. The maximum Gasteiger partial charge on any atom is 0.142 e. The van der Waals surface area contributed by atoms with Gasteiger partial charge in [0.2, 0.25) is 0 Å². The van der Waals surface area contributed by atoms with Crippen molar-refractivity contribution in [2.24, 2.45) is 0 Å². The molecule has 3 rings (SSSR count). The topological polar surface area (TPSA) is 80.5 Å². The molecule has 0 aliphatic heterocycles. The van der Waals surface area contributed by atoms with Gasteiger partial charge in [-0.2, -0.15) is 10.4 Å². The van der Waals surface area contributed by atoms with Gasteiger partial charge in [-0.25, -0.2) is 4.98 Å². The number of rotatable bonds is 3. The van der Waals surface area contributed by atoms with Gasteiger partial charge < -0.3 is 5.73 Å². The average molecular weight is 295 g/mol. The highest BCUT2D eigenvalue weighted by molar-refractivity contribution is 7.13. The van der Waals surface area contributed by atoms with Gasteiger partial charge in [-0.1, -0.05) is 6.07 Å². The minimum atomic E-state index is 0.252. The first-order valence-corrected chi connectivity index (χ1v) is 7.38. The SMILES string of the molecule is CCn1cc(-c2cc(-c3cccs3)nc(N)c2C#N)cn1. The van der Waals surface area contributed by atoms with Crippen molar-refractivity contribution < 1.29 is 0 Å². The normalized spacial score (nSPS) is 10.5. The molecule has 0 aromatic carbocycles. The Bertz CT molecular complexity index is 811. The second-order valence-corrected chi connectivity index (χ2v) is 5.44. The van der Waals surface area contributed by atoms with E-state index in [0.717, 1.165) is 28.2 Å². The average Bonchev–Trinajstić information content (AvgIpc) is 3.17. The number of hydrogen-bond acceptors (Lipinski definition) is 5. The Kier molecular flexibility index (Phi) is 3.42. The summed E-state index contributed by atoms with van der Waals surface area (Å²) in [4.78, 5) is 5.36. The van der Waals surface area contributed by atoms with E-state index in [4.69, 9.17) is 5.73 Å². The third-order valence-corrected chi connectivity index (χ3v) is 4.09. The highest BCUT2D eigenvalue weighted by atomic mass is 32.1. The first-order chi connectivity index (χ1) is 10.2. The van der Waals surface area contributed by atoms with Crippen molar-refractivity contribution in [3.8, 4) is 27.8 Å². The van der Waals surface area contributed by atoms with Crippen molar-refractivity contribution in [1.82, 2.24) is 14.8 Å². The number of pyridine rings is 1. The number of nitriles is 1. The zero-order chi connectivity index (χ0) is 14.8. The minimum Gasteiger partial charge on any atom is -0.383 e. The Morgan fingerprint density at radius 2 is 2.33 bits per heavy atom. The monoisotopic (exact) mass is 295 g/mol. The van der Waals surface area contributed by atoms with E-state index in [2.05, 4.69) is 16.2 Å². The van der Waals surface area contributed by atoms with Crippen LogP contribution in [0, 0.1) is 11.3 Å². The summed E-state index contributed by atoms with van der Waals surface area (Å²) in [6.45, 7) is 2.79. The van der Waals surface area contributed by atoms with E-state index >= 15 is 0 Å². The Hall–Kier alpha value is -2.65. The lowest BCUT2D eigenvalue weighted by molar-refractivity contribution is 0.660. The maximum atomic E-state index is 9.35. The number of thiophene rings is 1. The van der Waals surface area contributed by atoms with E-state index in [9.17, 15) is 5.26 Å². The van der Waals surface area contributed by atoms with Crippen LogP contribution in [-0.2, 0) is 6.54 Å². The molecule has 0 spiro atoms. The van der Waals surface area contributed by atoms with Crippen molar-refractivity contribution in [2.45, 2.75) is 13.5 Å². The summed E-state index contributed by atoms with van der Waals surface area (Å²) in [5, 5.41) is 15.6. The Morgan fingerprint density at radius 3 is 2.95 bits per heavy atom. The fourth-order valence-corrected chi connectivity index (χ4v) is 2.82. The van der Waals surface area contributed by atoms with Gasteiger partial charge in [-0.05, 0) is 24.4 Å². The van der Waals surface area contributed by atoms with Crippen LogP contribution in [0.4, 0.5) is 5.82 Å². The van der Waals surface area contributed by atoms with Crippen LogP contribution in [-0.4, -0.2) is 14.8 Å². The zero-order valence-electron chi connectivity index (χ0n) is 11.4. The van der Waals surface area contributed by atoms with Crippen LogP contribution in [0.1, 0.15) is 12.5 Å². The molecule has 3 heterocycles. The molecule has 0 aliphatic rings. The fraction of sp³-hybridized carbons (Fsp3) is 0.133. The van der Waals surface area contributed by atoms with Crippen LogP contribution in [0.25, 0.3) is 21.7 Å². The number of aromatic nitrogens is 3. The summed E-state index contributed by atoms with van der Waals surface area (Å²) >= 11 is 1.59. The van der Waals surface area contributed by atoms with Gasteiger partial charge in [0.15, 0.2) is 0 Å². The smallest absolute Gasteiger partial charge is 0.142 e. The molecule has 0 saturated heterocycles. The van der Waals surface area contributed by atoms with Gasteiger partial charge in [0, 0.05) is 23.9 Å². The van der Waals surface area contributed by atoms with E-state index in [1.807, 2.05) is 41.4 Å². The van der Waals surface area contributed by atoms with Crippen molar-refractivity contribution in [2.75, 3.05) is 5.73 Å². The lowest BCUT2D eigenvalue weighted by Gasteiger charge is -2.07. The molecule has 0 radical (unpaired) electrons. The second kappa shape index (κ2) is 5.38. The van der Waals surface area contributed by atoms with E-state index in [0.29, 0.717) is 5.56 Å². The molecule has 104 valence electrons. The summed E-state index contributed by atoms with van der Waals surface area (Å²) in [5.41, 5.74) is 8.78. The Morgan fingerprint density at radius 1 is 1.48 bits per heavy atom. The third kappa shape index (κ3) is 2.39. The van der Waals surface area contributed by atoms with Crippen LogP contribution in [0.3, 0.4) is 0 Å². The zero-order valence-corrected chi connectivity index (χ0v) is 12.3. The number of nitrogens with two attached hydrogens (primary N) is 1. The van der Waals surface area contributed by atoms with Crippen molar-refractivity contribution >= 4 is 17.2 Å². The van der Waals surface area contributed by atoms with Gasteiger partial charge in [0.25, 0.3) is 0 Å². The molecule has 3 aromatic rings. The number of nitrogens with zero attached hydrogens (tertiary/aromatic N) is 4. The summed E-state index contributed by atoms with van der Waals surface area (Å²) < 4.78 is 1.82. The largest absolute Gasteiger partial charge is 0.383 e. The van der Waals surface area contributed by atoms with E-state index in [1.165, 1.54) is 0 Å². The Labute approximate surface area is 126 Å². The quantitative estimate of drug-likeness (QED) is 0.805. The molecule has 0 unspecified atom stereocenters. The summed E-state index contributed by atoms with van der Waals surface area (Å²) in [6.07, 6.45) is 3.66. The predicted octanol–water partition coefficient (Wildman–Crippen LogP) is 3.15. The highest BCUT2D eigenvalue weighted by Gasteiger charge is 2.15. The predicted molar refractivity (Wildman–Crippen MR) is 83.6 cm³/mol. The number of aryl methyl sites for hydroxylation is 1. The van der Waals surface area contributed by atoms with Crippen molar-refractivity contribution in [1.29, 1.82) is 5.26 Å². The van der Waals surface area contributed by atoms with E-state index in [-0.39, 0.29) is 5.82 Å². The van der Waals surface area contributed by atoms with Crippen molar-refractivity contribution in [3.05, 3.63) is 41.5 Å². The molecule has 0 saturated carbocycles. The van der Waals surface area contributed by atoms with Gasteiger partial charge in [0.05, 0.1) is 16.8 Å². The molecule has 21 heavy (non-hydrogen) atoms. The molecule has 3 aromatic heterocycles.